The van der Waals surface area contributed by atoms with Crippen LogP contribution >= 0.6 is 0 Å². The highest BCUT2D eigenvalue weighted by Crippen LogP contribution is 2.23. The average Bonchev–Trinajstić information content (AvgIpc) is 2.42. The van der Waals surface area contributed by atoms with Gasteiger partial charge in [-0.25, -0.2) is 0 Å². The Morgan fingerprint density at radius 2 is 2.15 bits per heavy atom. The Hall–Kier alpha value is -2.15. The van der Waals surface area contributed by atoms with Gasteiger partial charge in [0.2, 0.25) is 0 Å². The van der Waals surface area contributed by atoms with Crippen LogP contribution in [-0.4, -0.2) is 36.2 Å². The maximum Gasteiger partial charge on any atom is 0.282 e. The molecule has 0 spiro atoms. The summed E-state index contributed by atoms with van der Waals surface area (Å²) in [6.45, 7) is 1.10. The number of carbonyl (C=O) groups excluding carboxylic acids is 1. The van der Waals surface area contributed by atoms with Crippen molar-refractivity contribution in [2.75, 3.05) is 20.3 Å². The number of benzene rings is 1. The first-order valence-electron chi connectivity index (χ1n) is 6.30. The summed E-state index contributed by atoms with van der Waals surface area (Å²) in [4.78, 5) is 22.0. The molecule has 1 rings (SSSR count). The smallest absolute Gasteiger partial charge is 0.282 e. The molecule has 0 aliphatic rings. The van der Waals surface area contributed by atoms with Crippen LogP contribution in [0.25, 0.3) is 0 Å². The molecule has 0 saturated carbocycles. The zero-order valence-electron chi connectivity index (χ0n) is 11.3. The molecule has 0 radical (unpaired) electrons. The SMILES string of the molecule is COCCCCCNC(=O)c1cc(O)ccc1[N+](=O)[O-]. The van der Waals surface area contributed by atoms with Crippen LogP contribution in [0.15, 0.2) is 18.2 Å². The summed E-state index contributed by atoms with van der Waals surface area (Å²) in [5.74, 6) is -0.736. The summed E-state index contributed by atoms with van der Waals surface area (Å²) < 4.78 is 4.90. The standard InChI is InChI=1S/C13H18N2O5/c1-20-8-4-2-3-7-14-13(17)11-9-10(16)5-6-12(11)15(18)19/h5-6,9,16H,2-4,7-8H2,1H3,(H,14,17). The predicted octanol–water partition coefficient (Wildman–Crippen LogP) is 1.85. The van der Waals surface area contributed by atoms with Gasteiger partial charge in [-0.15, -0.1) is 0 Å². The molecule has 0 saturated heterocycles. The van der Waals surface area contributed by atoms with Gasteiger partial charge in [0.05, 0.1) is 4.92 Å². The topological polar surface area (TPSA) is 102 Å². The molecule has 0 atom stereocenters. The third kappa shape index (κ3) is 4.85. The number of phenolic OH excluding ortho intramolecular Hbond substituents is 1. The summed E-state index contributed by atoms with van der Waals surface area (Å²) in [6, 6.07) is 3.39. The number of nitrogens with one attached hydrogen (secondary N) is 1. The van der Waals surface area contributed by atoms with Crippen LogP contribution in [0.5, 0.6) is 5.75 Å². The Morgan fingerprint density at radius 1 is 1.40 bits per heavy atom. The second kappa shape index (κ2) is 8.11. The lowest BCUT2D eigenvalue weighted by Crippen LogP contribution is -2.25. The Labute approximate surface area is 116 Å². The van der Waals surface area contributed by atoms with Crippen LogP contribution in [0.2, 0.25) is 0 Å². The molecule has 2 N–H and O–H groups in total. The highest BCUT2D eigenvalue weighted by atomic mass is 16.6. The second-order valence-electron chi connectivity index (χ2n) is 4.27. The van der Waals surface area contributed by atoms with Crippen molar-refractivity contribution < 1.29 is 19.6 Å². The molecule has 0 bridgehead atoms. The van der Waals surface area contributed by atoms with Crippen LogP contribution in [0.3, 0.4) is 0 Å². The van der Waals surface area contributed by atoms with Gasteiger partial charge in [-0.2, -0.15) is 0 Å². The number of hydrogen-bond acceptors (Lipinski definition) is 5. The lowest BCUT2D eigenvalue weighted by atomic mass is 10.1. The Bertz CT molecular complexity index is 476. The average molecular weight is 282 g/mol. The summed E-state index contributed by atoms with van der Waals surface area (Å²) in [7, 11) is 1.63. The van der Waals surface area contributed by atoms with Crippen molar-refractivity contribution in [3.05, 3.63) is 33.9 Å². The lowest BCUT2D eigenvalue weighted by molar-refractivity contribution is -0.385. The molecule has 7 nitrogen and oxygen atoms in total. The molecule has 0 unspecified atom stereocenters. The minimum atomic E-state index is -0.646. The van der Waals surface area contributed by atoms with Crippen LogP contribution in [0.1, 0.15) is 29.6 Å². The summed E-state index contributed by atoms with van der Waals surface area (Å²) >= 11 is 0. The first-order valence-corrected chi connectivity index (χ1v) is 6.30. The van der Waals surface area contributed by atoms with Gasteiger partial charge in [-0.3, -0.25) is 14.9 Å². The summed E-state index contributed by atoms with van der Waals surface area (Å²) in [6.07, 6.45) is 2.57. The third-order valence-corrected chi connectivity index (χ3v) is 2.73. The molecule has 0 heterocycles. The molecule has 1 aromatic rings. The van der Waals surface area contributed by atoms with E-state index in [9.17, 15) is 20.0 Å². The molecule has 20 heavy (non-hydrogen) atoms. The number of nitro benzene ring substituents is 1. The van der Waals surface area contributed by atoms with E-state index in [1.165, 1.54) is 6.07 Å². The van der Waals surface area contributed by atoms with E-state index >= 15 is 0 Å². The fourth-order valence-electron chi connectivity index (χ4n) is 1.71. The molecule has 0 aliphatic carbocycles. The van der Waals surface area contributed by atoms with Crippen LogP contribution < -0.4 is 5.32 Å². The number of nitrogens with zero attached hydrogens (tertiary/aromatic N) is 1. The molecule has 0 fully saturated rings. The van der Waals surface area contributed by atoms with Gasteiger partial charge in [0.15, 0.2) is 0 Å². The quantitative estimate of drug-likeness (QED) is 0.430. The van der Waals surface area contributed by atoms with Gasteiger partial charge in [0.1, 0.15) is 11.3 Å². The number of carbonyl (C=O) groups is 1. The number of methoxy groups -OCH3 is 1. The first-order chi connectivity index (χ1) is 9.56. The largest absolute Gasteiger partial charge is 0.508 e. The lowest BCUT2D eigenvalue weighted by Gasteiger charge is -2.06. The third-order valence-electron chi connectivity index (χ3n) is 2.73. The van der Waals surface area contributed by atoms with Gasteiger partial charge in [-0.05, 0) is 31.4 Å². The molecule has 0 aromatic heterocycles. The van der Waals surface area contributed by atoms with Crippen molar-refractivity contribution in [1.82, 2.24) is 5.32 Å². The van der Waals surface area contributed by atoms with Gasteiger partial charge >= 0.3 is 0 Å². The first kappa shape index (κ1) is 15.9. The number of amides is 1. The van der Waals surface area contributed by atoms with Gasteiger partial charge < -0.3 is 15.2 Å². The fourth-order valence-corrected chi connectivity index (χ4v) is 1.71. The van der Waals surface area contributed by atoms with Crippen molar-refractivity contribution in [3.8, 4) is 5.75 Å². The molecule has 1 aromatic carbocycles. The van der Waals surface area contributed by atoms with E-state index in [0.29, 0.717) is 13.2 Å². The number of hydrogen-bond donors (Lipinski definition) is 2. The molecule has 0 aliphatic heterocycles. The zero-order chi connectivity index (χ0) is 15.0. The van der Waals surface area contributed by atoms with E-state index in [1.54, 1.807) is 7.11 Å². The molecule has 1 amide bonds. The van der Waals surface area contributed by atoms with Gasteiger partial charge in [0, 0.05) is 26.3 Å². The number of nitro groups is 1. The normalized spacial score (nSPS) is 10.2. The minimum absolute atomic E-state index is 0.133. The van der Waals surface area contributed by atoms with Crippen molar-refractivity contribution in [3.63, 3.8) is 0 Å². The van der Waals surface area contributed by atoms with E-state index in [-0.39, 0.29) is 17.0 Å². The number of aromatic hydroxyl groups is 1. The number of rotatable bonds is 8. The van der Waals surface area contributed by atoms with Gasteiger partial charge in [0.25, 0.3) is 11.6 Å². The van der Waals surface area contributed by atoms with Crippen molar-refractivity contribution >= 4 is 11.6 Å². The highest BCUT2D eigenvalue weighted by Gasteiger charge is 2.20. The Morgan fingerprint density at radius 3 is 2.80 bits per heavy atom. The second-order valence-corrected chi connectivity index (χ2v) is 4.27. The Balaban J connectivity index is 2.54. The van der Waals surface area contributed by atoms with Crippen LogP contribution in [0, 0.1) is 10.1 Å². The molecule has 7 heteroatoms. The van der Waals surface area contributed by atoms with Crippen molar-refractivity contribution in [2.45, 2.75) is 19.3 Å². The van der Waals surface area contributed by atoms with E-state index in [4.69, 9.17) is 4.74 Å². The maximum atomic E-state index is 11.9. The zero-order valence-corrected chi connectivity index (χ0v) is 11.3. The monoisotopic (exact) mass is 282 g/mol. The van der Waals surface area contributed by atoms with E-state index < -0.39 is 10.8 Å². The van der Waals surface area contributed by atoms with E-state index in [2.05, 4.69) is 5.32 Å². The summed E-state index contributed by atoms with van der Waals surface area (Å²) in [5.41, 5.74) is -0.452. The molecular weight excluding hydrogens is 264 g/mol. The van der Waals surface area contributed by atoms with Crippen molar-refractivity contribution in [1.29, 1.82) is 0 Å². The predicted molar refractivity (Wildman–Crippen MR) is 72.8 cm³/mol. The summed E-state index contributed by atoms with van der Waals surface area (Å²) in [5, 5.41) is 22.7. The van der Waals surface area contributed by atoms with Crippen LogP contribution in [0.4, 0.5) is 5.69 Å². The van der Waals surface area contributed by atoms with E-state index in [0.717, 1.165) is 31.4 Å². The Kier molecular flexibility index (Phi) is 6.45. The maximum absolute atomic E-state index is 11.9. The fraction of sp³-hybridized carbons (Fsp3) is 0.462. The number of unbranched alkanes of at least 4 members (excludes halogenated alkanes) is 2. The minimum Gasteiger partial charge on any atom is -0.508 e. The highest BCUT2D eigenvalue weighted by molar-refractivity contribution is 5.98. The van der Waals surface area contributed by atoms with Crippen molar-refractivity contribution in [2.24, 2.45) is 0 Å². The molecule has 110 valence electrons. The van der Waals surface area contributed by atoms with E-state index in [1.807, 2.05) is 0 Å². The van der Waals surface area contributed by atoms with Crippen LogP contribution in [-0.2, 0) is 4.74 Å². The molecular formula is C13H18N2O5. The number of phenols is 1. The van der Waals surface area contributed by atoms with Gasteiger partial charge in [-0.1, -0.05) is 0 Å². The number of ether oxygens (including phenoxy) is 1.